The smallest absolute Gasteiger partial charge is 0.166 e. The maximum atomic E-state index is 11.5. The van der Waals surface area contributed by atoms with Crippen LogP contribution in [0.15, 0.2) is 23.1 Å². The van der Waals surface area contributed by atoms with Gasteiger partial charge in [-0.1, -0.05) is 0 Å². The SMILES string of the molecule is C[S+]([O-])c1ccc2c(c1)OCC(C(O)CN1CCNCC1)O2. The van der Waals surface area contributed by atoms with E-state index in [2.05, 4.69) is 10.2 Å². The van der Waals surface area contributed by atoms with Crippen LogP contribution in [-0.2, 0) is 11.2 Å². The fourth-order valence-corrected chi connectivity index (χ4v) is 3.24. The van der Waals surface area contributed by atoms with Crippen LogP contribution in [0.5, 0.6) is 11.5 Å². The highest BCUT2D eigenvalue weighted by atomic mass is 32.2. The number of nitrogens with zero attached hydrogens (tertiary/aromatic N) is 1. The first-order valence-electron chi connectivity index (χ1n) is 7.51. The van der Waals surface area contributed by atoms with Gasteiger partial charge in [0.1, 0.15) is 19.0 Å². The van der Waals surface area contributed by atoms with Gasteiger partial charge in [-0.25, -0.2) is 0 Å². The van der Waals surface area contributed by atoms with Gasteiger partial charge in [-0.3, -0.25) is 4.90 Å². The van der Waals surface area contributed by atoms with Gasteiger partial charge in [0.05, 0.1) is 0 Å². The van der Waals surface area contributed by atoms with Crippen LogP contribution in [0.2, 0.25) is 0 Å². The first kappa shape index (κ1) is 15.9. The van der Waals surface area contributed by atoms with Gasteiger partial charge in [0.15, 0.2) is 22.5 Å². The fourth-order valence-electron chi connectivity index (χ4n) is 2.71. The number of hydrogen-bond acceptors (Lipinski definition) is 6. The normalized spacial score (nSPS) is 24.8. The Balaban J connectivity index is 1.61. The highest BCUT2D eigenvalue weighted by molar-refractivity contribution is 7.90. The van der Waals surface area contributed by atoms with Gasteiger partial charge in [0.25, 0.3) is 0 Å². The second-order valence-corrected chi connectivity index (χ2v) is 7.03. The Morgan fingerprint density at radius 3 is 2.91 bits per heavy atom. The number of nitrogens with one attached hydrogen (secondary N) is 1. The van der Waals surface area contributed by atoms with E-state index in [1.807, 2.05) is 0 Å². The lowest BCUT2D eigenvalue weighted by Gasteiger charge is -2.34. The molecule has 122 valence electrons. The van der Waals surface area contributed by atoms with Gasteiger partial charge in [-0.15, -0.1) is 0 Å². The first-order chi connectivity index (χ1) is 10.6. The van der Waals surface area contributed by atoms with E-state index in [4.69, 9.17) is 9.47 Å². The average molecular weight is 326 g/mol. The molecule has 0 saturated carbocycles. The molecule has 0 bridgehead atoms. The minimum Gasteiger partial charge on any atom is -0.612 e. The third kappa shape index (κ3) is 3.67. The van der Waals surface area contributed by atoms with E-state index in [0.29, 0.717) is 29.5 Å². The molecule has 3 unspecified atom stereocenters. The third-order valence-corrected chi connectivity index (χ3v) is 4.93. The Bertz CT molecular complexity index is 508. The molecule has 0 radical (unpaired) electrons. The van der Waals surface area contributed by atoms with E-state index in [1.54, 1.807) is 24.5 Å². The number of β-amino-alcohol motifs (C(OH)–C–C–N with tert-alkyl or cyclic N) is 1. The Labute approximate surface area is 133 Å². The summed E-state index contributed by atoms with van der Waals surface area (Å²) in [6.07, 6.45) is 0.664. The van der Waals surface area contributed by atoms with E-state index >= 15 is 0 Å². The van der Waals surface area contributed by atoms with Crippen LogP contribution in [0, 0.1) is 0 Å². The molecule has 22 heavy (non-hydrogen) atoms. The van der Waals surface area contributed by atoms with Crippen LogP contribution in [-0.4, -0.2) is 72.4 Å². The van der Waals surface area contributed by atoms with Crippen molar-refractivity contribution in [3.05, 3.63) is 18.2 Å². The molecule has 2 N–H and O–H groups in total. The molecule has 0 aromatic heterocycles. The quantitative estimate of drug-likeness (QED) is 0.748. The van der Waals surface area contributed by atoms with Gasteiger partial charge in [-0.05, 0) is 23.3 Å². The minimum absolute atomic E-state index is 0.306. The largest absolute Gasteiger partial charge is 0.612 e. The van der Waals surface area contributed by atoms with Crippen molar-refractivity contribution in [3.63, 3.8) is 0 Å². The predicted molar refractivity (Wildman–Crippen MR) is 84.0 cm³/mol. The molecule has 3 atom stereocenters. The molecular formula is C15H22N2O4S. The van der Waals surface area contributed by atoms with Crippen LogP contribution in [0.3, 0.4) is 0 Å². The van der Waals surface area contributed by atoms with Gasteiger partial charge in [0, 0.05) is 38.8 Å². The van der Waals surface area contributed by atoms with Crippen molar-refractivity contribution in [2.45, 2.75) is 17.1 Å². The third-order valence-electron chi connectivity index (χ3n) is 4.01. The average Bonchev–Trinajstić information content (AvgIpc) is 2.54. The second-order valence-electron chi connectivity index (χ2n) is 5.65. The topological polar surface area (TPSA) is 77.0 Å². The number of rotatable bonds is 4. The van der Waals surface area contributed by atoms with Gasteiger partial charge >= 0.3 is 0 Å². The van der Waals surface area contributed by atoms with Crippen LogP contribution >= 0.6 is 0 Å². The number of aliphatic hydroxyl groups is 1. The van der Waals surface area contributed by atoms with Crippen molar-refractivity contribution in [2.75, 3.05) is 45.6 Å². The molecule has 2 aliphatic heterocycles. The standard InChI is InChI=1S/C15H22N2O4S/c1-22(19)11-2-3-13-14(8-11)20-10-15(21-13)12(18)9-17-6-4-16-5-7-17/h2-3,8,12,15-16,18H,4-7,9-10H2,1H3. The molecule has 7 heteroatoms. The van der Waals surface area contributed by atoms with Crippen LogP contribution in [0.25, 0.3) is 0 Å². The van der Waals surface area contributed by atoms with Crippen LogP contribution in [0.4, 0.5) is 0 Å². The molecule has 6 nitrogen and oxygen atoms in total. The molecule has 2 aliphatic rings. The molecule has 0 amide bonds. The Kier molecular flexibility index (Phi) is 5.10. The molecule has 1 saturated heterocycles. The highest BCUT2D eigenvalue weighted by Crippen LogP contribution is 2.34. The molecular weight excluding hydrogens is 304 g/mol. The molecule has 2 heterocycles. The number of aliphatic hydroxyl groups excluding tert-OH is 1. The zero-order valence-electron chi connectivity index (χ0n) is 12.7. The van der Waals surface area contributed by atoms with Crippen molar-refractivity contribution in [2.24, 2.45) is 0 Å². The van der Waals surface area contributed by atoms with Crippen molar-refractivity contribution >= 4 is 11.2 Å². The Hall–Kier alpha value is -0.990. The molecule has 1 aromatic rings. The van der Waals surface area contributed by atoms with E-state index in [0.717, 1.165) is 26.2 Å². The van der Waals surface area contributed by atoms with Gasteiger partial charge in [-0.2, -0.15) is 0 Å². The van der Waals surface area contributed by atoms with Crippen molar-refractivity contribution in [3.8, 4) is 11.5 Å². The maximum absolute atomic E-state index is 11.5. The summed E-state index contributed by atoms with van der Waals surface area (Å²) in [5.41, 5.74) is 0. The lowest BCUT2D eigenvalue weighted by atomic mass is 10.1. The molecule has 3 rings (SSSR count). The molecule has 0 aliphatic carbocycles. The van der Waals surface area contributed by atoms with E-state index in [9.17, 15) is 9.66 Å². The zero-order valence-corrected chi connectivity index (χ0v) is 13.5. The summed E-state index contributed by atoms with van der Waals surface area (Å²) in [5, 5.41) is 13.7. The fraction of sp³-hybridized carbons (Fsp3) is 0.600. The summed E-state index contributed by atoms with van der Waals surface area (Å²) in [6, 6.07) is 5.27. The monoisotopic (exact) mass is 326 g/mol. The summed E-state index contributed by atoms with van der Waals surface area (Å²) in [6.45, 7) is 4.67. The number of piperazine rings is 1. The highest BCUT2D eigenvalue weighted by Gasteiger charge is 2.30. The lowest BCUT2D eigenvalue weighted by molar-refractivity contribution is -0.0267. The summed E-state index contributed by atoms with van der Waals surface area (Å²) in [7, 11) is 0. The van der Waals surface area contributed by atoms with Crippen LogP contribution in [0.1, 0.15) is 0 Å². The summed E-state index contributed by atoms with van der Waals surface area (Å²) in [5.74, 6) is 1.20. The molecule has 1 aromatic carbocycles. The van der Waals surface area contributed by atoms with E-state index in [-0.39, 0.29) is 6.10 Å². The Morgan fingerprint density at radius 1 is 1.41 bits per heavy atom. The summed E-state index contributed by atoms with van der Waals surface area (Å²) < 4.78 is 23.0. The van der Waals surface area contributed by atoms with Crippen molar-refractivity contribution in [1.82, 2.24) is 10.2 Å². The molecule has 0 spiro atoms. The number of ether oxygens (including phenoxy) is 2. The minimum atomic E-state index is -1.05. The zero-order chi connectivity index (χ0) is 15.5. The van der Waals surface area contributed by atoms with E-state index in [1.165, 1.54) is 0 Å². The number of fused-ring (bicyclic) bond motifs is 1. The number of benzene rings is 1. The van der Waals surface area contributed by atoms with Crippen molar-refractivity contribution in [1.29, 1.82) is 0 Å². The lowest BCUT2D eigenvalue weighted by Crippen LogP contribution is -2.51. The maximum Gasteiger partial charge on any atom is 0.166 e. The predicted octanol–water partition coefficient (Wildman–Crippen LogP) is -0.170. The molecule has 1 fully saturated rings. The van der Waals surface area contributed by atoms with E-state index < -0.39 is 17.3 Å². The number of hydrogen-bond donors (Lipinski definition) is 2. The van der Waals surface area contributed by atoms with Crippen LogP contribution < -0.4 is 14.8 Å². The second kappa shape index (κ2) is 7.06. The van der Waals surface area contributed by atoms with Gasteiger partial charge in [0.2, 0.25) is 0 Å². The Morgan fingerprint density at radius 2 is 2.18 bits per heavy atom. The first-order valence-corrected chi connectivity index (χ1v) is 9.07. The van der Waals surface area contributed by atoms with Crippen molar-refractivity contribution < 1.29 is 19.1 Å². The van der Waals surface area contributed by atoms with Gasteiger partial charge < -0.3 is 24.4 Å². The summed E-state index contributed by atoms with van der Waals surface area (Å²) >= 11 is -1.05. The summed E-state index contributed by atoms with van der Waals surface area (Å²) in [4.78, 5) is 2.94.